The fourth-order valence-electron chi connectivity index (χ4n) is 2.18. The van der Waals surface area contributed by atoms with Crippen LogP contribution in [0.1, 0.15) is 5.56 Å². The van der Waals surface area contributed by atoms with Crippen molar-refractivity contribution in [1.29, 1.82) is 0 Å². The molecule has 0 spiro atoms. The Kier molecular flexibility index (Phi) is 3.27. The van der Waals surface area contributed by atoms with Crippen LogP contribution in [-0.2, 0) is 6.54 Å². The van der Waals surface area contributed by atoms with Crippen LogP contribution in [0.15, 0.2) is 48.7 Å². The molecule has 0 amide bonds. The third-order valence-corrected chi connectivity index (χ3v) is 3.25. The Bertz CT molecular complexity index is 794. The molecule has 0 aliphatic rings. The predicted molar refractivity (Wildman–Crippen MR) is 78.5 cm³/mol. The summed E-state index contributed by atoms with van der Waals surface area (Å²) in [5, 5.41) is 15.9. The van der Waals surface area contributed by atoms with Crippen molar-refractivity contribution in [2.45, 2.75) is 6.54 Å². The number of non-ortho nitro benzene ring substituents is 1. The number of hydrogen-bond acceptors (Lipinski definition) is 4. The molecule has 1 aromatic heterocycles. The van der Waals surface area contributed by atoms with E-state index in [4.69, 9.17) is 4.74 Å². The third kappa shape index (κ3) is 2.69. The summed E-state index contributed by atoms with van der Waals surface area (Å²) in [6.07, 6.45) is 1.81. The number of benzene rings is 2. The number of rotatable bonds is 4. The maximum Gasteiger partial charge on any atom is 0.270 e. The molecule has 106 valence electrons. The molecule has 1 heterocycles. The molecule has 0 saturated heterocycles. The Morgan fingerprint density at radius 3 is 2.67 bits per heavy atom. The van der Waals surface area contributed by atoms with Gasteiger partial charge in [-0.2, -0.15) is 5.10 Å². The molecule has 0 fully saturated rings. The van der Waals surface area contributed by atoms with Crippen molar-refractivity contribution < 1.29 is 9.66 Å². The lowest BCUT2D eigenvalue weighted by molar-refractivity contribution is -0.384. The van der Waals surface area contributed by atoms with Gasteiger partial charge in [0.25, 0.3) is 5.69 Å². The van der Waals surface area contributed by atoms with Crippen molar-refractivity contribution in [3.8, 4) is 5.75 Å². The first-order valence-electron chi connectivity index (χ1n) is 6.40. The molecule has 2 aromatic carbocycles. The van der Waals surface area contributed by atoms with Gasteiger partial charge < -0.3 is 4.74 Å². The van der Waals surface area contributed by atoms with E-state index in [9.17, 15) is 10.1 Å². The fourth-order valence-corrected chi connectivity index (χ4v) is 2.18. The first kappa shape index (κ1) is 13.1. The third-order valence-electron chi connectivity index (χ3n) is 3.25. The highest BCUT2D eigenvalue weighted by Gasteiger charge is 2.08. The van der Waals surface area contributed by atoms with Crippen LogP contribution in [0.4, 0.5) is 5.69 Å². The summed E-state index contributed by atoms with van der Waals surface area (Å²) in [5.74, 6) is 0.806. The van der Waals surface area contributed by atoms with Gasteiger partial charge in [0.2, 0.25) is 0 Å². The van der Waals surface area contributed by atoms with Crippen LogP contribution >= 0.6 is 0 Å². The Labute approximate surface area is 120 Å². The van der Waals surface area contributed by atoms with Crippen LogP contribution in [0.5, 0.6) is 5.75 Å². The summed E-state index contributed by atoms with van der Waals surface area (Å²) in [6, 6.07) is 12.4. The van der Waals surface area contributed by atoms with Crippen LogP contribution in [0.25, 0.3) is 10.9 Å². The number of fused-ring (bicyclic) bond motifs is 1. The molecule has 0 unspecified atom stereocenters. The smallest absolute Gasteiger partial charge is 0.270 e. The number of ether oxygens (including phenoxy) is 1. The van der Waals surface area contributed by atoms with Crippen molar-refractivity contribution in [2.24, 2.45) is 0 Å². The second-order valence-electron chi connectivity index (χ2n) is 4.67. The molecule has 0 aliphatic heterocycles. The molecule has 3 rings (SSSR count). The van der Waals surface area contributed by atoms with E-state index in [-0.39, 0.29) is 5.69 Å². The Morgan fingerprint density at radius 1 is 1.24 bits per heavy atom. The molecule has 21 heavy (non-hydrogen) atoms. The second-order valence-corrected chi connectivity index (χ2v) is 4.67. The van der Waals surface area contributed by atoms with E-state index in [1.807, 2.05) is 30.5 Å². The molecular weight excluding hydrogens is 270 g/mol. The summed E-state index contributed by atoms with van der Waals surface area (Å²) < 4.78 is 6.89. The van der Waals surface area contributed by atoms with Gasteiger partial charge in [0.05, 0.1) is 24.1 Å². The van der Waals surface area contributed by atoms with Crippen molar-refractivity contribution in [3.63, 3.8) is 0 Å². The van der Waals surface area contributed by atoms with E-state index in [1.54, 1.807) is 17.9 Å². The lowest BCUT2D eigenvalue weighted by atomic mass is 10.2. The number of aromatic nitrogens is 2. The van der Waals surface area contributed by atoms with Crippen molar-refractivity contribution in [3.05, 3.63) is 64.3 Å². The van der Waals surface area contributed by atoms with Crippen molar-refractivity contribution >= 4 is 16.6 Å². The molecule has 0 bridgehead atoms. The highest BCUT2D eigenvalue weighted by atomic mass is 16.6. The Balaban J connectivity index is 1.88. The summed E-state index contributed by atoms with van der Waals surface area (Å²) in [5.41, 5.74) is 1.90. The molecule has 3 aromatic rings. The quantitative estimate of drug-likeness (QED) is 0.545. The van der Waals surface area contributed by atoms with E-state index in [1.165, 1.54) is 12.1 Å². The summed E-state index contributed by atoms with van der Waals surface area (Å²) in [6.45, 7) is 0.604. The van der Waals surface area contributed by atoms with E-state index in [0.717, 1.165) is 22.2 Å². The largest absolute Gasteiger partial charge is 0.497 e. The van der Waals surface area contributed by atoms with Gasteiger partial charge in [-0.3, -0.25) is 14.8 Å². The molecule has 0 aliphatic carbocycles. The minimum atomic E-state index is -0.403. The van der Waals surface area contributed by atoms with Crippen LogP contribution < -0.4 is 4.74 Å². The standard InChI is InChI=1S/C15H13N3O3/c1-21-14-5-2-11(3-6-14)9-17-10-12-8-13(18(19)20)4-7-15(12)16-17/h2-8,10H,9H2,1H3. The average molecular weight is 283 g/mol. The maximum absolute atomic E-state index is 10.8. The van der Waals surface area contributed by atoms with Crippen molar-refractivity contribution in [2.75, 3.05) is 7.11 Å². The lowest BCUT2D eigenvalue weighted by Crippen LogP contribution is -1.99. The summed E-state index contributed by atoms with van der Waals surface area (Å²) in [7, 11) is 1.63. The van der Waals surface area contributed by atoms with E-state index in [2.05, 4.69) is 5.10 Å². The SMILES string of the molecule is COc1ccc(Cn2cc3cc([N+](=O)[O-])ccc3n2)cc1. The zero-order valence-electron chi connectivity index (χ0n) is 11.4. The van der Waals surface area contributed by atoms with Crippen LogP contribution in [0, 0.1) is 10.1 Å². The zero-order chi connectivity index (χ0) is 14.8. The van der Waals surface area contributed by atoms with E-state index >= 15 is 0 Å². The van der Waals surface area contributed by atoms with E-state index < -0.39 is 4.92 Å². The molecule has 0 saturated carbocycles. The fraction of sp³-hybridized carbons (Fsp3) is 0.133. The molecule has 6 nitrogen and oxygen atoms in total. The number of nitro groups is 1. The highest BCUT2D eigenvalue weighted by Crippen LogP contribution is 2.20. The van der Waals surface area contributed by atoms with Gasteiger partial charge in [-0.1, -0.05) is 12.1 Å². The minimum absolute atomic E-state index is 0.0755. The molecular formula is C15H13N3O3. The second kappa shape index (κ2) is 5.24. The predicted octanol–water partition coefficient (Wildman–Crippen LogP) is 3.00. The number of nitro benzene ring substituents is 1. The minimum Gasteiger partial charge on any atom is -0.497 e. The molecule has 0 radical (unpaired) electrons. The Morgan fingerprint density at radius 2 is 2.00 bits per heavy atom. The molecule has 0 atom stereocenters. The van der Waals surface area contributed by atoms with E-state index in [0.29, 0.717) is 6.54 Å². The number of hydrogen-bond donors (Lipinski definition) is 0. The topological polar surface area (TPSA) is 70.2 Å². The van der Waals surface area contributed by atoms with Gasteiger partial charge in [-0.25, -0.2) is 0 Å². The normalized spacial score (nSPS) is 10.7. The first-order valence-corrected chi connectivity index (χ1v) is 6.40. The number of nitrogens with zero attached hydrogens (tertiary/aromatic N) is 3. The van der Waals surface area contributed by atoms with Crippen molar-refractivity contribution in [1.82, 2.24) is 9.78 Å². The van der Waals surface area contributed by atoms with Gasteiger partial charge in [0.15, 0.2) is 0 Å². The van der Waals surface area contributed by atoms with Gasteiger partial charge >= 0.3 is 0 Å². The summed E-state index contributed by atoms with van der Waals surface area (Å²) >= 11 is 0. The maximum atomic E-state index is 10.8. The van der Waals surface area contributed by atoms with Gasteiger partial charge in [0.1, 0.15) is 5.75 Å². The highest BCUT2D eigenvalue weighted by molar-refractivity contribution is 5.80. The molecule has 6 heteroatoms. The first-order chi connectivity index (χ1) is 10.2. The lowest BCUT2D eigenvalue weighted by Gasteiger charge is -2.03. The summed E-state index contributed by atoms with van der Waals surface area (Å²) in [4.78, 5) is 10.4. The Hall–Kier alpha value is -2.89. The van der Waals surface area contributed by atoms with Gasteiger partial charge in [0, 0.05) is 23.7 Å². The van der Waals surface area contributed by atoms with Gasteiger partial charge in [-0.05, 0) is 23.8 Å². The van der Waals surface area contributed by atoms with Crippen LogP contribution in [-0.4, -0.2) is 21.8 Å². The average Bonchev–Trinajstić information content (AvgIpc) is 2.89. The zero-order valence-corrected chi connectivity index (χ0v) is 11.4. The monoisotopic (exact) mass is 283 g/mol. The van der Waals surface area contributed by atoms with Gasteiger partial charge in [-0.15, -0.1) is 0 Å². The number of methoxy groups -OCH3 is 1. The molecule has 0 N–H and O–H groups in total. The van der Waals surface area contributed by atoms with Crippen LogP contribution in [0.2, 0.25) is 0 Å². The van der Waals surface area contributed by atoms with Crippen LogP contribution in [0.3, 0.4) is 0 Å².